The number of nitrogen functional groups attached to an aromatic ring is 1. The summed E-state index contributed by atoms with van der Waals surface area (Å²) in [6.45, 7) is 4.12. The molecule has 3 heteroatoms. The average molecular weight is 277 g/mol. The highest BCUT2D eigenvalue weighted by Crippen LogP contribution is 2.32. The smallest absolute Gasteiger partial charge is 0.0727 e. The van der Waals surface area contributed by atoms with Gasteiger partial charge in [-0.25, -0.2) is 0 Å². The fourth-order valence-corrected chi connectivity index (χ4v) is 2.61. The lowest BCUT2D eigenvalue weighted by Crippen LogP contribution is -2.11. The molecule has 0 aliphatic carbocycles. The topological polar surface area (TPSA) is 42.2 Å². The molecule has 2 aromatic carbocycles. The quantitative estimate of drug-likeness (QED) is 0.714. The van der Waals surface area contributed by atoms with Crippen molar-refractivity contribution in [1.29, 1.82) is 0 Å². The molecule has 3 nitrogen and oxygen atoms in total. The molecule has 0 unspecified atom stereocenters. The van der Waals surface area contributed by atoms with Crippen LogP contribution >= 0.6 is 0 Å². The van der Waals surface area contributed by atoms with Gasteiger partial charge in [0.15, 0.2) is 0 Å². The Kier molecular flexibility index (Phi) is 3.26. The minimum absolute atomic E-state index is 0.757. The van der Waals surface area contributed by atoms with E-state index in [1.54, 1.807) is 0 Å². The molecule has 106 valence electrons. The first kappa shape index (κ1) is 13.4. The third-order valence-electron chi connectivity index (χ3n) is 3.69. The van der Waals surface area contributed by atoms with E-state index in [-0.39, 0.29) is 0 Å². The summed E-state index contributed by atoms with van der Waals surface area (Å²) in [6, 6.07) is 16.4. The fraction of sp³-hybridized carbons (Fsp3) is 0.167. The lowest BCUT2D eigenvalue weighted by molar-refractivity contribution is 1.18. The van der Waals surface area contributed by atoms with Crippen molar-refractivity contribution in [2.75, 3.05) is 17.7 Å². The molecule has 0 amide bonds. The van der Waals surface area contributed by atoms with Crippen LogP contribution in [0.3, 0.4) is 0 Å². The highest BCUT2D eigenvalue weighted by atomic mass is 15.1. The van der Waals surface area contributed by atoms with Crippen molar-refractivity contribution in [3.05, 3.63) is 59.8 Å². The number of rotatable bonds is 2. The maximum absolute atomic E-state index is 5.95. The summed E-state index contributed by atoms with van der Waals surface area (Å²) in [5.74, 6) is 0. The molecule has 21 heavy (non-hydrogen) atoms. The molecule has 0 spiro atoms. The van der Waals surface area contributed by atoms with Crippen molar-refractivity contribution >= 4 is 28.0 Å². The molecule has 1 aromatic heterocycles. The zero-order valence-electron chi connectivity index (χ0n) is 12.6. The van der Waals surface area contributed by atoms with E-state index in [4.69, 9.17) is 5.73 Å². The molecule has 0 saturated carbocycles. The van der Waals surface area contributed by atoms with Crippen LogP contribution in [-0.2, 0) is 0 Å². The van der Waals surface area contributed by atoms with Crippen molar-refractivity contribution in [1.82, 2.24) is 4.98 Å². The van der Waals surface area contributed by atoms with Crippen LogP contribution in [0.25, 0.3) is 10.9 Å². The van der Waals surface area contributed by atoms with Crippen LogP contribution in [0, 0.1) is 13.8 Å². The summed E-state index contributed by atoms with van der Waals surface area (Å²) in [4.78, 5) is 6.77. The van der Waals surface area contributed by atoms with E-state index in [1.807, 2.05) is 25.1 Å². The fourth-order valence-electron chi connectivity index (χ4n) is 2.61. The van der Waals surface area contributed by atoms with Gasteiger partial charge in [0.2, 0.25) is 0 Å². The normalized spacial score (nSPS) is 10.8. The number of anilines is 3. The average Bonchev–Trinajstić information content (AvgIpc) is 2.46. The number of aromatic nitrogens is 1. The SMILES string of the molecule is Cc1cccc(N(C)c2cc(C)nc3ccc(N)cc23)c1. The van der Waals surface area contributed by atoms with Gasteiger partial charge in [0.25, 0.3) is 0 Å². The second kappa shape index (κ2) is 5.09. The van der Waals surface area contributed by atoms with Crippen molar-refractivity contribution < 1.29 is 0 Å². The number of benzene rings is 2. The Morgan fingerprint density at radius 2 is 1.81 bits per heavy atom. The van der Waals surface area contributed by atoms with Gasteiger partial charge in [0, 0.05) is 29.5 Å². The van der Waals surface area contributed by atoms with Crippen molar-refractivity contribution in [3.8, 4) is 0 Å². The van der Waals surface area contributed by atoms with Crippen LogP contribution in [0.1, 0.15) is 11.3 Å². The molecule has 0 saturated heterocycles. The number of fused-ring (bicyclic) bond motifs is 1. The third-order valence-corrected chi connectivity index (χ3v) is 3.69. The van der Waals surface area contributed by atoms with Crippen LogP contribution in [0.2, 0.25) is 0 Å². The summed E-state index contributed by atoms with van der Waals surface area (Å²) >= 11 is 0. The van der Waals surface area contributed by atoms with Gasteiger partial charge in [0.1, 0.15) is 0 Å². The van der Waals surface area contributed by atoms with Gasteiger partial charge in [-0.05, 0) is 55.8 Å². The van der Waals surface area contributed by atoms with Gasteiger partial charge in [0.05, 0.1) is 11.2 Å². The van der Waals surface area contributed by atoms with Crippen molar-refractivity contribution in [2.24, 2.45) is 0 Å². The largest absolute Gasteiger partial charge is 0.399 e. The molecule has 0 fully saturated rings. The van der Waals surface area contributed by atoms with Gasteiger partial charge >= 0.3 is 0 Å². The Morgan fingerprint density at radius 1 is 1.00 bits per heavy atom. The van der Waals surface area contributed by atoms with Gasteiger partial charge in [-0.3, -0.25) is 4.98 Å². The molecule has 0 bridgehead atoms. The van der Waals surface area contributed by atoms with Gasteiger partial charge in [-0.15, -0.1) is 0 Å². The summed E-state index contributed by atoms with van der Waals surface area (Å²) in [5, 5.41) is 1.07. The lowest BCUT2D eigenvalue weighted by atomic mass is 10.1. The van der Waals surface area contributed by atoms with Crippen molar-refractivity contribution in [2.45, 2.75) is 13.8 Å². The van der Waals surface area contributed by atoms with Gasteiger partial charge < -0.3 is 10.6 Å². The number of nitrogens with zero attached hydrogens (tertiary/aromatic N) is 2. The molecule has 3 rings (SSSR count). The molecule has 1 heterocycles. The Hall–Kier alpha value is -2.55. The molecule has 0 radical (unpaired) electrons. The Balaban J connectivity index is 2.21. The maximum Gasteiger partial charge on any atom is 0.0727 e. The Labute approximate surface area is 125 Å². The second-order valence-electron chi connectivity index (χ2n) is 5.46. The van der Waals surface area contributed by atoms with Gasteiger partial charge in [-0.2, -0.15) is 0 Å². The first-order valence-electron chi connectivity index (χ1n) is 7.02. The standard InChI is InChI=1S/C18H19N3/c1-12-5-4-6-15(9-12)21(3)18-10-13(2)20-17-8-7-14(19)11-16(17)18/h4-11H,19H2,1-3H3. The van der Waals surface area contributed by atoms with Crippen LogP contribution in [0.5, 0.6) is 0 Å². The predicted octanol–water partition coefficient (Wildman–Crippen LogP) is 4.20. The van der Waals surface area contributed by atoms with E-state index in [9.17, 15) is 0 Å². The molecule has 3 aromatic rings. The second-order valence-corrected chi connectivity index (χ2v) is 5.46. The van der Waals surface area contributed by atoms with Crippen molar-refractivity contribution in [3.63, 3.8) is 0 Å². The number of aryl methyl sites for hydroxylation is 2. The molecule has 0 aliphatic heterocycles. The van der Waals surface area contributed by atoms with E-state index in [0.29, 0.717) is 0 Å². The lowest BCUT2D eigenvalue weighted by Gasteiger charge is -2.22. The molecular formula is C18H19N3. The predicted molar refractivity (Wildman–Crippen MR) is 90.1 cm³/mol. The van der Waals surface area contributed by atoms with Crippen LogP contribution < -0.4 is 10.6 Å². The number of nitrogens with two attached hydrogens (primary N) is 1. The van der Waals surface area contributed by atoms with E-state index in [1.165, 1.54) is 5.56 Å². The summed E-state index contributed by atoms with van der Waals surface area (Å²) < 4.78 is 0. The van der Waals surface area contributed by atoms with E-state index in [2.05, 4.69) is 54.2 Å². The first-order valence-corrected chi connectivity index (χ1v) is 7.02. The minimum Gasteiger partial charge on any atom is -0.399 e. The zero-order valence-corrected chi connectivity index (χ0v) is 12.6. The number of hydrogen-bond donors (Lipinski definition) is 1. The van der Waals surface area contributed by atoms with Gasteiger partial charge in [-0.1, -0.05) is 12.1 Å². The third kappa shape index (κ3) is 2.55. The van der Waals surface area contributed by atoms with E-state index in [0.717, 1.165) is 33.7 Å². The van der Waals surface area contributed by atoms with Crippen LogP contribution in [0.15, 0.2) is 48.5 Å². The summed E-state index contributed by atoms with van der Waals surface area (Å²) in [7, 11) is 2.08. The van der Waals surface area contributed by atoms with Crippen LogP contribution in [-0.4, -0.2) is 12.0 Å². The van der Waals surface area contributed by atoms with E-state index < -0.39 is 0 Å². The number of pyridine rings is 1. The number of hydrogen-bond acceptors (Lipinski definition) is 3. The molecule has 0 aliphatic rings. The zero-order chi connectivity index (χ0) is 15.0. The summed E-state index contributed by atoms with van der Waals surface area (Å²) in [6.07, 6.45) is 0. The Bertz CT molecular complexity index is 809. The Morgan fingerprint density at radius 3 is 2.57 bits per heavy atom. The van der Waals surface area contributed by atoms with Crippen LogP contribution in [0.4, 0.5) is 17.1 Å². The molecular weight excluding hydrogens is 258 g/mol. The molecule has 2 N–H and O–H groups in total. The maximum atomic E-state index is 5.95. The minimum atomic E-state index is 0.757. The van der Waals surface area contributed by atoms with E-state index >= 15 is 0 Å². The first-order chi connectivity index (χ1) is 10.0. The summed E-state index contributed by atoms with van der Waals surface area (Å²) in [5.41, 5.74) is 12.2. The highest BCUT2D eigenvalue weighted by Gasteiger charge is 2.10. The highest BCUT2D eigenvalue weighted by molar-refractivity contribution is 5.95. The monoisotopic (exact) mass is 277 g/mol. The molecule has 0 atom stereocenters.